The third-order valence-electron chi connectivity index (χ3n) is 3.19. The number of hydrogen-bond donors (Lipinski definition) is 1. The molecule has 0 aliphatic carbocycles. The first-order chi connectivity index (χ1) is 9.93. The van der Waals surface area contributed by atoms with Gasteiger partial charge in [-0.15, -0.1) is 0 Å². The fourth-order valence-electron chi connectivity index (χ4n) is 2.16. The van der Waals surface area contributed by atoms with Gasteiger partial charge in [0.1, 0.15) is 5.56 Å². The third-order valence-corrected chi connectivity index (χ3v) is 3.19. The number of carbonyl (C=O) groups excluding carboxylic acids is 1. The maximum absolute atomic E-state index is 12.4. The zero-order valence-electron chi connectivity index (χ0n) is 12.8. The Kier molecular flexibility index (Phi) is 4.26. The van der Waals surface area contributed by atoms with Gasteiger partial charge in [-0.2, -0.15) is 0 Å². The number of carbonyl (C=O) groups is 1. The van der Waals surface area contributed by atoms with E-state index in [9.17, 15) is 4.79 Å². The Morgan fingerprint density at radius 2 is 1.86 bits per heavy atom. The molecule has 0 saturated carbocycles. The Morgan fingerprint density at radius 3 is 2.52 bits per heavy atom. The molecule has 1 amide bonds. The first kappa shape index (κ1) is 15.0. The van der Waals surface area contributed by atoms with Gasteiger partial charge in [-0.05, 0) is 29.2 Å². The van der Waals surface area contributed by atoms with Crippen LogP contribution in [0.25, 0.3) is 0 Å². The number of aromatic nitrogens is 1. The van der Waals surface area contributed by atoms with Crippen LogP contribution in [-0.4, -0.2) is 18.0 Å². The van der Waals surface area contributed by atoms with Crippen LogP contribution < -0.4 is 10.1 Å². The lowest BCUT2D eigenvalue weighted by Gasteiger charge is -2.23. The lowest BCUT2D eigenvalue weighted by molar-refractivity contribution is 0.102. The molecule has 0 atom stereocenters. The molecule has 0 aliphatic rings. The summed E-state index contributed by atoms with van der Waals surface area (Å²) in [5.74, 6) is 0.0971. The molecule has 4 heteroatoms. The Bertz CT molecular complexity index is 645. The van der Waals surface area contributed by atoms with Crippen molar-refractivity contribution in [3.63, 3.8) is 0 Å². The molecule has 21 heavy (non-hydrogen) atoms. The summed E-state index contributed by atoms with van der Waals surface area (Å²) in [5.41, 5.74) is 2.26. The highest BCUT2D eigenvalue weighted by molar-refractivity contribution is 6.06. The number of nitrogens with one attached hydrogen (secondary N) is 1. The first-order valence-electron chi connectivity index (χ1n) is 6.83. The third kappa shape index (κ3) is 3.40. The summed E-state index contributed by atoms with van der Waals surface area (Å²) in [6.07, 6.45) is 1.60. The molecule has 1 aromatic heterocycles. The largest absolute Gasteiger partial charge is 0.480 e. The maximum Gasteiger partial charge on any atom is 0.261 e. The van der Waals surface area contributed by atoms with Crippen molar-refractivity contribution in [1.29, 1.82) is 0 Å². The van der Waals surface area contributed by atoms with Gasteiger partial charge in [0.15, 0.2) is 0 Å². The Hall–Kier alpha value is -2.36. The molecule has 110 valence electrons. The van der Waals surface area contributed by atoms with Crippen LogP contribution in [0.4, 0.5) is 5.69 Å². The van der Waals surface area contributed by atoms with Gasteiger partial charge >= 0.3 is 0 Å². The monoisotopic (exact) mass is 284 g/mol. The molecule has 0 spiro atoms. The van der Waals surface area contributed by atoms with Gasteiger partial charge in [0, 0.05) is 11.9 Å². The molecule has 2 aromatic rings. The van der Waals surface area contributed by atoms with E-state index in [2.05, 4.69) is 31.1 Å². The maximum atomic E-state index is 12.4. The van der Waals surface area contributed by atoms with Crippen LogP contribution in [0.5, 0.6) is 5.88 Å². The van der Waals surface area contributed by atoms with Gasteiger partial charge in [0.25, 0.3) is 5.91 Å². The predicted molar refractivity (Wildman–Crippen MR) is 83.9 cm³/mol. The number of hydrogen-bond acceptors (Lipinski definition) is 3. The van der Waals surface area contributed by atoms with Crippen LogP contribution in [0, 0.1) is 0 Å². The number of para-hydroxylation sites is 1. The number of ether oxygens (including phenoxy) is 1. The zero-order valence-corrected chi connectivity index (χ0v) is 12.8. The number of nitrogens with zero attached hydrogens (tertiary/aromatic N) is 1. The topological polar surface area (TPSA) is 51.2 Å². The number of benzene rings is 1. The second kappa shape index (κ2) is 5.95. The van der Waals surface area contributed by atoms with Gasteiger partial charge in [0.05, 0.1) is 7.11 Å². The molecular formula is C17H20N2O2. The minimum absolute atomic E-state index is 0.0527. The lowest BCUT2D eigenvalue weighted by atomic mass is 9.86. The van der Waals surface area contributed by atoms with Gasteiger partial charge in [-0.3, -0.25) is 4.79 Å². The van der Waals surface area contributed by atoms with Gasteiger partial charge in [-0.1, -0.05) is 39.0 Å². The van der Waals surface area contributed by atoms with E-state index in [1.54, 1.807) is 18.3 Å². The van der Waals surface area contributed by atoms with Crippen LogP contribution in [0.15, 0.2) is 42.6 Å². The molecule has 1 N–H and O–H groups in total. The van der Waals surface area contributed by atoms with Crippen molar-refractivity contribution in [2.75, 3.05) is 12.4 Å². The molecule has 0 radical (unpaired) electrons. The smallest absolute Gasteiger partial charge is 0.261 e. The van der Waals surface area contributed by atoms with Crippen LogP contribution in [-0.2, 0) is 5.41 Å². The number of amides is 1. The van der Waals surface area contributed by atoms with Crippen LogP contribution in [0.1, 0.15) is 36.7 Å². The molecule has 0 aliphatic heterocycles. The summed E-state index contributed by atoms with van der Waals surface area (Å²) in [5, 5.41) is 2.95. The van der Waals surface area contributed by atoms with Crippen LogP contribution in [0.3, 0.4) is 0 Å². The normalized spacial score (nSPS) is 11.0. The number of pyridine rings is 1. The van der Waals surface area contributed by atoms with Crippen molar-refractivity contribution in [3.05, 3.63) is 53.7 Å². The highest BCUT2D eigenvalue weighted by atomic mass is 16.5. The summed E-state index contributed by atoms with van der Waals surface area (Å²) in [4.78, 5) is 16.5. The van der Waals surface area contributed by atoms with E-state index in [1.807, 2.05) is 24.3 Å². The van der Waals surface area contributed by atoms with Gasteiger partial charge in [0.2, 0.25) is 5.88 Å². The van der Waals surface area contributed by atoms with Crippen LogP contribution in [0.2, 0.25) is 0 Å². The molecular weight excluding hydrogens is 264 g/mol. The summed E-state index contributed by atoms with van der Waals surface area (Å²) >= 11 is 0. The van der Waals surface area contributed by atoms with Crippen molar-refractivity contribution in [3.8, 4) is 5.88 Å². The average Bonchev–Trinajstić information content (AvgIpc) is 2.46. The average molecular weight is 284 g/mol. The summed E-state index contributed by atoms with van der Waals surface area (Å²) < 4.78 is 5.13. The molecule has 0 saturated heterocycles. The van der Waals surface area contributed by atoms with E-state index < -0.39 is 0 Å². The van der Waals surface area contributed by atoms with Crippen molar-refractivity contribution in [2.45, 2.75) is 26.2 Å². The van der Waals surface area contributed by atoms with E-state index in [0.717, 1.165) is 11.3 Å². The highest BCUT2D eigenvalue weighted by Crippen LogP contribution is 2.29. The number of rotatable bonds is 3. The zero-order chi connectivity index (χ0) is 15.5. The Balaban J connectivity index is 2.33. The fraction of sp³-hybridized carbons (Fsp3) is 0.294. The first-order valence-corrected chi connectivity index (χ1v) is 6.83. The molecule has 0 bridgehead atoms. The van der Waals surface area contributed by atoms with E-state index in [-0.39, 0.29) is 11.3 Å². The van der Waals surface area contributed by atoms with Crippen molar-refractivity contribution >= 4 is 11.6 Å². The molecule has 1 heterocycles. The molecule has 4 nitrogen and oxygen atoms in total. The number of methoxy groups -OCH3 is 1. The highest BCUT2D eigenvalue weighted by Gasteiger charge is 2.20. The summed E-state index contributed by atoms with van der Waals surface area (Å²) in [6, 6.07) is 11.2. The van der Waals surface area contributed by atoms with Crippen molar-refractivity contribution in [2.24, 2.45) is 0 Å². The van der Waals surface area contributed by atoms with E-state index in [1.165, 1.54) is 7.11 Å². The van der Waals surface area contributed by atoms with Crippen LogP contribution >= 0.6 is 0 Å². The van der Waals surface area contributed by atoms with E-state index >= 15 is 0 Å². The SMILES string of the molecule is COc1ncccc1C(=O)Nc1ccccc1C(C)(C)C. The quantitative estimate of drug-likeness (QED) is 0.936. The van der Waals surface area contributed by atoms with E-state index in [4.69, 9.17) is 4.74 Å². The second-order valence-corrected chi connectivity index (χ2v) is 5.81. The lowest BCUT2D eigenvalue weighted by Crippen LogP contribution is -2.19. The molecule has 0 unspecified atom stereocenters. The molecule has 1 aromatic carbocycles. The van der Waals surface area contributed by atoms with Gasteiger partial charge < -0.3 is 10.1 Å². The minimum Gasteiger partial charge on any atom is -0.480 e. The van der Waals surface area contributed by atoms with Gasteiger partial charge in [-0.25, -0.2) is 4.98 Å². The van der Waals surface area contributed by atoms with E-state index in [0.29, 0.717) is 11.4 Å². The Morgan fingerprint density at radius 1 is 1.14 bits per heavy atom. The van der Waals surface area contributed by atoms with Crippen molar-refractivity contribution in [1.82, 2.24) is 4.98 Å². The summed E-state index contributed by atoms with van der Waals surface area (Å²) in [6.45, 7) is 6.34. The second-order valence-electron chi connectivity index (χ2n) is 5.81. The number of anilines is 1. The minimum atomic E-state index is -0.225. The predicted octanol–water partition coefficient (Wildman–Crippen LogP) is 3.64. The molecule has 0 fully saturated rings. The van der Waals surface area contributed by atoms with Crippen molar-refractivity contribution < 1.29 is 9.53 Å². The summed E-state index contributed by atoms with van der Waals surface area (Å²) in [7, 11) is 1.50. The Labute approximate surface area is 125 Å². The standard InChI is InChI=1S/C17H20N2O2/c1-17(2,3)13-9-5-6-10-14(13)19-15(20)12-8-7-11-18-16(12)21-4/h5-11H,1-4H3,(H,19,20). The fourth-order valence-corrected chi connectivity index (χ4v) is 2.16. The molecule has 2 rings (SSSR count).